The number of hydrogen-bond acceptors (Lipinski definition) is 4. The molecular formula is C20H25N3OS. The Morgan fingerprint density at radius 1 is 1.12 bits per heavy atom. The third-order valence-corrected chi connectivity index (χ3v) is 5.33. The first-order valence-electron chi connectivity index (χ1n) is 8.91. The third kappa shape index (κ3) is 4.98. The second kappa shape index (κ2) is 8.90. The quantitative estimate of drug-likeness (QED) is 0.819. The lowest BCUT2D eigenvalue weighted by molar-refractivity contribution is 0.0951. The molecule has 4 nitrogen and oxygen atoms in total. The Kier molecular flexibility index (Phi) is 6.34. The molecule has 1 fully saturated rings. The van der Waals surface area contributed by atoms with Gasteiger partial charge < -0.3 is 10.2 Å². The van der Waals surface area contributed by atoms with E-state index in [4.69, 9.17) is 0 Å². The minimum atomic E-state index is -0.0432. The van der Waals surface area contributed by atoms with Gasteiger partial charge in [0.2, 0.25) is 0 Å². The fourth-order valence-corrected chi connectivity index (χ4v) is 3.54. The van der Waals surface area contributed by atoms with E-state index in [2.05, 4.69) is 22.1 Å². The number of benzene rings is 1. The van der Waals surface area contributed by atoms with E-state index in [0.29, 0.717) is 12.1 Å². The van der Waals surface area contributed by atoms with Gasteiger partial charge in [-0.1, -0.05) is 25.1 Å². The number of pyridine rings is 1. The fourth-order valence-electron chi connectivity index (χ4n) is 2.91. The summed E-state index contributed by atoms with van der Waals surface area (Å²) in [6.45, 7) is 4.84. The van der Waals surface area contributed by atoms with Crippen molar-refractivity contribution < 1.29 is 4.79 Å². The molecule has 0 atom stereocenters. The summed E-state index contributed by atoms with van der Waals surface area (Å²) >= 11 is 1.88. The van der Waals surface area contributed by atoms with E-state index in [-0.39, 0.29) is 5.91 Å². The average molecular weight is 356 g/mol. The van der Waals surface area contributed by atoms with E-state index in [9.17, 15) is 4.79 Å². The highest BCUT2D eigenvalue weighted by Crippen LogP contribution is 2.17. The molecule has 0 saturated carbocycles. The van der Waals surface area contributed by atoms with Crippen LogP contribution in [0.15, 0.2) is 42.6 Å². The number of anilines is 1. The summed E-state index contributed by atoms with van der Waals surface area (Å²) in [7, 11) is 0. The zero-order chi connectivity index (χ0) is 17.5. The van der Waals surface area contributed by atoms with Crippen LogP contribution in [-0.4, -0.2) is 29.7 Å². The van der Waals surface area contributed by atoms with E-state index >= 15 is 0 Å². The van der Waals surface area contributed by atoms with Crippen LogP contribution in [0.2, 0.25) is 0 Å². The van der Waals surface area contributed by atoms with Crippen LogP contribution >= 0.6 is 11.8 Å². The van der Waals surface area contributed by atoms with Crippen LogP contribution < -0.4 is 10.2 Å². The van der Waals surface area contributed by atoms with Crippen LogP contribution in [-0.2, 0) is 12.3 Å². The van der Waals surface area contributed by atoms with Gasteiger partial charge in [-0.05, 0) is 47.9 Å². The Labute approximate surface area is 154 Å². The lowest BCUT2D eigenvalue weighted by Crippen LogP contribution is -2.23. The maximum absolute atomic E-state index is 12.3. The molecule has 1 N–H and O–H groups in total. The van der Waals surface area contributed by atoms with Crippen LogP contribution in [0.1, 0.15) is 41.3 Å². The van der Waals surface area contributed by atoms with Gasteiger partial charge in [-0.25, -0.2) is 4.98 Å². The Balaban J connectivity index is 1.51. The van der Waals surface area contributed by atoms with Gasteiger partial charge in [0.25, 0.3) is 5.91 Å². The van der Waals surface area contributed by atoms with Crippen molar-refractivity contribution >= 4 is 23.5 Å². The molecular weight excluding hydrogens is 330 g/mol. The van der Waals surface area contributed by atoms with E-state index in [1.807, 2.05) is 54.4 Å². The fraction of sp³-hybridized carbons (Fsp3) is 0.400. The zero-order valence-electron chi connectivity index (χ0n) is 14.7. The molecule has 3 rings (SSSR count). The maximum Gasteiger partial charge on any atom is 0.251 e. The number of carbonyl (C=O) groups is 1. The molecule has 0 aliphatic carbocycles. The van der Waals surface area contributed by atoms with Crippen molar-refractivity contribution in [3.05, 3.63) is 59.3 Å². The lowest BCUT2D eigenvalue weighted by atomic mass is 10.1. The minimum absolute atomic E-state index is 0.0432. The lowest BCUT2D eigenvalue weighted by Gasteiger charge is -2.16. The molecule has 1 amide bonds. The molecule has 5 heteroatoms. The predicted octanol–water partition coefficient (Wildman–Crippen LogP) is 3.86. The van der Waals surface area contributed by atoms with Crippen molar-refractivity contribution in [2.75, 3.05) is 23.7 Å². The van der Waals surface area contributed by atoms with E-state index in [1.165, 1.54) is 18.4 Å². The first-order chi connectivity index (χ1) is 12.3. The smallest absolute Gasteiger partial charge is 0.251 e. The van der Waals surface area contributed by atoms with E-state index < -0.39 is 0 Å². The summed E-state index contributed by atoms with van der Waals surface area (Å²) in [6.07, 6.45) is 4.35. The van der Waals surface area contributed by atoms with Gasteiger partial charge in [-0.15, -0.1) is 0 Å². The molecule has 1 saturated heterocycles. The standard InChI is InChI=1S/C20H25N3OS/c1-2-25-15-16-5-8-18(9-6-16)20(24)22-14-17-7-10-19(21-13-17)23-11-3-4-12-23/h5-10,13H,2-4,11-12,14-15H2,1H3,(H,22,24). The predicted molar refractivity (Wildman–Crippen MR) is 105 cm³/mol. The molecule has 1 aromatic carbocycles. The van der Waals surface area contributed by atoms with Crippen molar-refractivity contribution in [2.45, 2.75) is 32.1 Å². The summed E-state index contributed by atoms with van der Waals surface area (Å²) in [5.41, 5.74) is 2.98. The van der Waals surface area contributed by atoms with Crippen LogP contribution in [0, 0.1) is 0 Å². The second-order valence-corrected chi connectivity index (χ2v) is 7.51. The Morgan fingerprint density at radius 3 is 2.48 bits per heavy atom. The first kappa shape index (κ1) is 17.8. The number of aromatic nitrogens is 1. The number of thioether (sulfide) groups is 1. The molecule has 0 bridgehead atoms. The Morgan fingerprint density at radius 2 is 1.84 bits per heavy atom. The van der Waals surface area contributed by atoms with Crippen LogP contribution in [0.4, 0.5) is 5.82 Å². The zero-order valence-corrected chi connectivity index (χ0v) is 15.5. The van der Waals surface area contributed by atoms with Gasteiger partial charge in [-0.2, -0.15) is 11.8 Å². The molecule has 0 spiro atoms. The van der Waals surface area contributed by atoms with Crippen molar-refractivity contribution in [1.29, 1.82) is 0 Å². The van der Waals surface area contributed by atoms with Crippen LogP contribution in [0.25, 0.3) is 0 Å². The Bertz CT molecular complexity index is 679. The highest BCUT2D eigenvalue weighted by Gasteiger charge is 2.13. The number of amides is 1. The highest BCUT2D eigenvalue weighted by molar-refractivity contribution is 7.98. The van der Waals surface area contributed by atoms with Crippen molar-refractivity contribution in [2.24, 2.45) is 0 Å². The Hall–Kier alpha value is -2.01. The van der Waals surface area contributed by atoms with Gasteiger partial charge in [0.05, 0.1) is 0 Å². The molecule has 0 unspecified atom stereocenters. The molecule has 1 aliphatic heterocycles. The molecule has 1 aromatic heterocycles. The summed E-state index contributed by atoms with van der Waals surface area (Å²) in [5.74, 6) is 3.09. The molecule has 25 heavy (non-hydrogen) atoms. The molecule has 1 aliphatic rings. The van der Waals surface area contributed by atoms with Crippen LogP contribution in [0.5, 0.6) is 0 Å². The minimum Gasteiger partial charge on any atom is -0.357 e. The molecule has 2 aromatic rings. The van der Waals surface area contributed by atoms with Gasteiger partial charge >= 0.3 is 0 Å². The van der Waals surface area contributed by atoms with Gasteiger partial charge in [0.1, 0.15) is 5.82 Å². The number of carbonyl (C=O) groups excluding carboxylic acids is 1. The maximum atomic E-state index is 12.3. The number of hydrogen-bond donors (Lipinski definition) is 1. The van der Waals surface area contributed by atoms with Crippen molar-refractivity contribution in [3.63, 3.8) is 0 Å². The summed E-state index contributed by atoms with van der Waals surface area (Å²) < 4.78 is 0. The van der Waals surface area contributed by atoms with Crippen LogP contribution in [0.3, 0.4) is 0 Å². The van der Waals surface area contributed by atoms with Crippen molar-refractivity contribution in [3.8, 4) is 0 Å². The SMILES string of the molecule is CCSCc1ccc(C(=O)NCc2ccc(N3CCCC3)nc2)cc1. The van der Waals surface area contributed by atoms with E-state index in [1.54, 1.807) is 0 Å². The molecule has 0 radical (unpaired) electrons. The normalized spacial score (nSPS) is 13.9. The van der Waals surface area contributed by atoms with Gasteiger partial charge in [0, 0.05) is 37.1 Å². The molecule has 2 heterocycles. The largest absolute Gasteiger partial charge is 0.357 e. The van der Waals surface area contributed by atoms with Crippen molar-refractivity contribution in [1.82, 2.24) is 10.3 Å². The topological polar surface area (TPSA) is 45.2 Å². The first-order valence-corrected chi connectivity index (χ1v) is 10.1. The average Bonchev–Trinajstić information content (AvgIpc) is 3.20. The number of nitrogens with zero attached hydrogens (tertiary/aromatic N) is 2. The summed E-state index contributed by atoms with van der Waals surface area (Å²) in [5, 5.41) is 2.97. The monoisotopic (exact) mass is 355 g/mol. The number of rotatable bonds is 7. The van der Waals surface area contributed by atoms with Gasteiger partial charge in [0.15, 0.2) is 0 Å². The molecule has 132 valence electrons. The second-order valence-electron chi connectivity index (χ2n) is 6.24. The van der Waals surface area contributed by atoms with Gasteiger partial charge in [-0.3, -0.25) is 4.79 Å². The summed E-state index contributed by atoms with van der Waals surface area (Å²) in [4.78, 5) is 19.1. The number of nitrogens with one attached hydrogen (secondary N) is 1. The highest BCUT2D eigenvalue weighted by atomic mass is 32.2. The third-order valence-electron chi connectivity index (χ3n) is 4.38. The summed E-state index contributed by atoms with van der Waals surface area (Å²) in [6, 6.07) is 12.0. The van der Waals surface area contributed by atoms with E-state index in [0.717, 1.165) is 36.0 Å².